The van der Waals surface area contributed by atoms with Crippen LogP contribution in [0.4, 0.5) is 0 Å². The van der Waals surface area contributed by atoms with Gasteiger partial charge in [0, 0.05) is 19.5 Å². The van der Waals surface area contributed by atoms with Gasteiger partial charge in [0.05, 0.1) is 32.6 Å². The summed E-state index contributed by atoms with van der Waals surface area (Å²) in [6.07, 6.45) is 4.57. The van der Waals surface area contributed by atoms with Gasteiger partial charge < -0.3 is 14.6 Å². The quantitative estimate of drug-likeness (QED) is 0.705. The first-order chi connectivity index (χ1) is 9.74. The maximum absolute atomic E-state index is 11.2. The topological polar surface area (TPSA) is 91.4 Å². The van der Waals surface area contributed by atoms with Gasteiger partial charge in [-0.15, -0.1) is 0 Å². The molecular formula is C12H16N4O4. The van der Waals surface area contributed by atoms with E-state index in [0.29, 0.717) is 32.2 Å². The zero-order valence-electron chi connectivity index (χ0n) is 11.1. The largest absolute Gasteiger partial charge is 0.477 e. The average Bonchev–Trinajstić information content (AvgIpc) is 3.06. The SMILES string of the molecule is COCCOCCn1ncc(C(=O)O)c1-n1cccn1. The van der Waals surface area contributed by atoms with Crippen LogP contribution in [0.3, 0.4) is 0 Å². The van der Waals surface area contributed by atoms with Gasteiger partial charge in [0.1, 0.15) is 5.56 Å². The molecule has 108 valence electrons. The Balaban J connectivity index is 2.11. The molecule has 2 aromatic rings. The number of hydrogen-bond donors (Lipinski definition) is 1. The minimum absolute atomic E-state index is 0.102. The van der Waals surface area contributed by atoms with Gasteiger partial charge in [-0.2, -0.15) is 10.2 Å². The zero-order valence-corrected chi connectivity index (χ0v) is 11.1. The summed E-state index contributed by atoms with van der Waals surface area (Å²) in [6, 6.07) is 1.72. The van der Waals surface area contributed by atoms with Crippen LogP contribution in [0.15, 0.2) is 24.7 Å². The van der Waals surface area contributed by atoms with E-state index in [4.69, 9.17) is 9.47 Å². The molecule has 0 saturated heterocycles. The number of nitrogens with zero attached hydrogens (tertiary/aromatic N) is 4. The Morgan fingerprint density at radius 3 is 2.85 bits per heavy atom. The van der Waals surface area contributed by atoms with Crippen molar-refractivity contribution in [3.63, 3.8) is 0 Å². The Morgan fingerprint density at radius 1 is 1.35 bits per heavy atom. The molecule has 0 fully saturated rings. The van der Waals surface area contributed by atoms with Gasteiger partial charge in [0.15, 0.2) is 5.82 Å². The van der Waals surface area contributed by atoms with E-state index in [1.54, 1.807) is 30.3 Å². The van der Waals surface area contributed by atoms with Crippen molar-refractivity contribution < 1.29 is 19.4 Å². The number of hydrogen-bond acceptors (Lipinski definition) is 5. The van der Waals surface area contributed by atoms with Gasteiger partial charge in [-0.3, -0.25) is 0 Å². The number of carboxylic acid groups (broad SMARTS) is 1. The van der Waals surface area contributed by atoms with E-state index in [-0.39, 0.29) is 5.56 Å². The molecule has 0 amide bonds. The molecule has 20 heavy (non-hydrogen) atoms. The van der Waals surface area contributed by atoms with E-state index < -0.39 is 5.97 Å². The standard InChI is InChI=1S/C12H16N4O4/c1-19-7-8-20-6-5-16-11(15-4-2-3-13-15)10(9-14-16)12(17)18/h2-4,9H,5-8H2,1H3,(H,17,18). The number of ether oxygens (including phenoxy) is 2. The molecular weight excluding hydrogens is 264 g/mol. The smallest absolute Gasteiger partial charge is 0.341 e. The number of rotatable bonds is 8. The average molecular weight is 280 g/mol. The van der Waals surface area contributed by atoms with Crippen LogP contribution in [0, 0.1) is 0 Å². The van der Waals surface area contributed by atoms with E-state index in [1.807, 2.05) is 0 Å². The van der Waals surface area contributed by atoms with Gasteiger partial charge in [-0.05, 0) is 6.07 Å². The van der Waals surface area contributed by atoms with Crippen LogP contribution in [0.5, 0.6) is 0 Å². The Bertz CT molecular complexity index is 550. The molecule has 1 N–H and O–H groups in total. The Morgan fingerprint density at radius 2 is 2.20 bits per heavy atom. The molecule has 2 heterocycles. The van der Waals surface area contributed by atoms with Crippen molar-refractivity contribution in [2.45, 2.75) is 6.54 Å². The molecule has 2 rings (SSSR count). The maximum atomic E-state index is 11.2. The molecule has 0 spiro atoms. The van der Waals surface area contributed by atoms with Crippen LogP contribution in [-0.2, 0) is 16.0 Å². The zero-order chi connectivity index (χ0) is 14.4. The summed E-state index contributed by atoms with van der Waals surface area (Å²) in [7, 11) is 1.60. The highest BCUT2D eigenvalue weighted by molar-refractivity contribution is 5.90. The number of aromatic carboxylic acids is 1. The van der Waals surface area contributed by atoms with Gasteiger partial charge in [0.25, 0.3) is 0 Å². The molecule has 8 heteroatoms. The van der Waals surface area contributed by atoms with Crippen molar-refractivity contribution in [1.29, 1.82) is 0 Å². The first-order valence-corrected chi connectivity index (χ1v) is 6.10. The Kier molecular flexibility index (Phi) is 4.85. The van der Waals surface area contributed by atoms with Crippen molar-refractivity contribution in [1.82, 2.24) is 19.6 Å². The second kappa shape index (κ2) is 6.83. The van der Waals surface area contributed by atoms with Crippen molar-refractivity contribution in [2.75, 3.05) is 26.9 Å². The first-order valence-electron chi connectivity index (χ1n) is 6.10. The molecule has 8 nitrogen and oxygen atoms in total. The molecule has 0 aliphatic heterocycles. The fourth-order valence-corrected chi connectivity index (χ4v) is 1.72. The van der Waals surface area contributed by atoms with Crippen LogP contribution in [-0.4, -0.2) is 57.6 Å². The lowest BCUT2D eigenvalue weighted by molar-refractivity contribution is 0.0651. The molecule has 0 bridgehead atoms. The van der Waals surface area contributed by atoms with Gasteiger partial charge >= 0.3 is 5.97 Å². The molecule has 0 aliphatic carbocycles. The normalized spacial score (nSPS) is 10.8. The van der Waals surface area contributed by atoms with E-state index in [2.05, 4.69) is 10.2 Å². The molecule has 0 atom stereocenters. The summed E-state index contributed by atoms with van der Waals surface area (Å²) >= 11 is 0. The van der Waals surface area contributed by atoms with Crippen molar-refractivity contribution >= 4 is 5.97 Å². The van der Waals surface area contributed by atoms with Crippen LogP contribution >= 0.6 is 0 Å². The van der Waals surface area contributed by atoms with Crippen molar-refractivity contribution in [3.05, 3.63) is 30.2 Å². The molecule has 0 aromatic carbocycles. The van der Waals surface area contributed by atoms with Crippen LogP contribution in [0.1, 0.15) is 10.4 Å². The molecule has 0 saturated carbocycles. The van der Waals surface area contributed by atoms with E-state index >= 15 is 0 Å². The fourth-order valence-electron chi connectivity index (χ4n) is 1.72. The fraction of sp³-hybridized carbons (Fsp3) is 0.417. The molecule has 2 aromatic heterocycles. The Hall–Kier alpha value is -2.19. The number of methoxy groups -OCH3 is 1. The highest BCUT2D eigenvalue weighted by atomic mass is 16.5. The van der Waals surface area contributed by atoms with E-state index in [0.717, 1.165) is 0 Å². The number of aromatic nitrogens is 4. The minimum atomic E-state index is -1.04. The summed E-state index contributed by atoms with van der Waals surface area (Å²) in [5, 5.41) is 17.3. The van der Waals surface area contributed by atoms with Crippen LogP contribution in [0.25, 0.3) is 5.82 Å². The van der Waals surface area contributed by atoms with Crippen molar-refractivity contribution in [2.24, 2.45) is 0 Å². The predicted molar refractivity (Wildman–Crippen MR) is 69.0 cm³/mol. The third-order valence-electron chi connectivity index (χ3n) is 2.64. The minimum Gasteiger partial charge on any atom is -0.477 e. The second-order valence-electron chi connectivity index (χ2n) is 3.97. The maximum Gasteiger partial charge on any atom is 0.341 e. The van der Waals surface area contributed by atoms with E-state index in [9.17, 15) is 9.90 Å². The monoisotopic (exact) mass is 280 g/mol. The third-order valence-corrected chi connectivity index (χ3v) is 2.64. The summed E-state index contributed by atoms with van der Waals surface area (Å²) in [5.74, 6) is -0.625. The third kappa shape index (κ3) is 3.22. The van der Waals surface area contributed by atoms with Gasteiger partial charge in [0.2, 0.25) is 0 Å². The summed E-state index contributed by atoms with van der Waals surface area (Å²) < 4.78 is 13.3. The molecule has 0 unspecified atom stereocenters. The lowest BCUT2D eigenvalue weighted by Crippen LogP contribution is -2.15. The highest BCUT2D eigenvalue weighted by Gasteiger charge is 2.18. The second-order valence-corrected chi connectivity index (χ2v) is 3.97. The van der Waals surface area contributed by atoms with Crippen molar-refractivity contribution in [3.8, 4) is 5.82 Å². The lowest BCUT2D eigenvalue weighted by Gasteiger charge is -2.09. The molecule has 0 radical (unpaired) electrons. The molecule has 0 aliphatic rings. The number of carboxylic acids is 1. The summed E-state index contributed by atoms with van der Waals surface area (Å²) in [5.41, 5.74) is 0.102. The van der Waals surface area contributed by atoms with Gasteiger partial charge in [-0.1, -0.05) is 0 Å². The van der Waals surface area contributed by atoms with Gasteiger partial charge in [-0.25, -0.2) is 14.2 Å². The predicted octanol–water partition coefficient (Wildman–Crippen LogP) is 0.430. The summed E-state index contributed by atoms with van der Waals surface area (Å²) in [4.78, 5) is 11.2. The first kappa shape index (κ1) is 14.2. The van der Waals surface area contributed by atoms with Crippen LogP contribution in [0.2, 0.25) is 0 Å². The highest BCUT2D eigenvalue weighted by Crippen LogP contribution is 2.13. The lowest BCUT2D eigenvalue weighted by atomic mass is 10.3. The van der Waals surface area contributed by atoms with Crippen LogP contribution < -0.4 is 0 Å². The van der Waals surface area contributed by atoms with E-state index in [1.165, 1.54) is 10.9 Å². The Labute approximate surface area is 115 Å². The summed E-state index contributed by atoms with van der Waals surface area (Å²) in [6.45, 7) is 1.86. The number of carbonyl (C=O) groups is 1.